The summed E-state index contributed by atoms with van der Waals surface area (Å²) < 4.78 is 12.3. The number of rotatable bonds is 4. The molecule has 1 aromatic heterocycles. The summed E-state index contributed by atoms with van der Waals surface area (Å²) in [6, 6.07) is 11.8. The maximum absolute atomic E-state index is 12.5. The summed E-state index contributed by atoms with van der Waals surface area (Å²) in [5, 5.41) is 5.95. The van der Waals surface area contributed by atoms with E-state index >= 15 is 0 Å². The fourth-order valence-corrected chi connectivity index (χ4v) is 3.08. The molecular weight excluding hydrogens is 362 g/mol. The molecule has 0 saturated heterocycles. The molecule has 1 amide bonds. The summed E-state index contributed by atoms with van der Waals surface area (Å²) in [7, 11) is 0. The Kier molecular flexibility index (Phi) is 4.84. The Morgan fingerprint density at radius 1 is 1.04 bits per heavy atom. The molecule has 3 aromatic rings. The second-order valence-electron chi connectivity index (χ2n) is 6.45. The summed E-state index contributed by atoms with van der Waals surface area (Å²) in [6.07, 6.45) is 0.831. The van der Waals surface area contributed by atoms with Crippen molar-refractivity contribution in [1.82, 2.24) is 9.78 Å². The molecule has 0 spiro atoms. The number of anilines is 1. The van der Waals surface area contributed by atoms with Crippen molar-refractivity contribution < 1.29 is 14.3 Å². The van der Waals surface area contributed by atoms with Crippen LogP contribution in [0.5, 0.6) is 11.5 Å². The lowest BCUT2D eigenvalue weighted by Gasteiger charge is -2.11. The first-order valence-electron chi connectivity index (χ1n) is 9.03. The molecule has 8 nitrogen and oxygen atoms in total. The average Bonchev–Trinajstić information content (AvgIpc) is 2.95. The molecule has 8 heteroatoms. The minimum atomic E-state index is -0.362. The number of ether oxygens (including phenoxy) is 2. The molecule has 0 bridgehead atoms. The first kappa shape index (κ1) is 17.8. The molecule has 0 saturated carbocycles. The van der Waals surface area contributed by atoms with Crippen LogP contribution in [-0.4, -0.2) is 28.9 Å². The van der Waals surface area contributed by atoms with Gasteiger partial charge in [-0.2, -0.15) is 0 Å². The van der Waals surface area contributed by atoms with Gasteiger partial charge in [-0.25, -0.2) is 4.68 Å². The normalized spacial score (nSPS) is 13.1. The van der Waals surface area contributed by atoms with Crippen molar-refractivity contribution in [2.24, 2.45) is 0 Å². The monoisotopic (exact) mass is 381 g/mol. The number of amides is 1. The smallest absolute Gasteiger partial charge is 0.273 e. The average molecular weight is 381 g/mol. The number of aromatic amines is 1. The van der Waals surface area contributed by atoms with E-state index < -0.39 is 0 Å². The zero-order valence-electron chi connectivity index (χ0n) is 15.1. The van der Waals surface area contributed by atoms with Gasteiger partial charge < -0.3 is 14.8 Å². The Balaban J connectivity index is 1.46. The summed E-state index contributed by atoms with van der Waals surface area (Å²) in [5.41, 5.74) is -0.120. The highest BCUT2D eigenvalue weighted by atomic mass is 16.5. The van der Waals surface area contributed by atoms with Gasteiger partial charge in [-0.15, -0.1) is 0 Å². The number of benzene rings is 2. The third kappa shape index (κ3) is 3.62. The number of fused-ring (bicyclic) bond motifs is 2. The van der Waals surface area contributed by atoms with Crippen molar-refractivity contribution >= 4 is 22.4 Å². The molecule has 144 valence electrons. The van der Waals surface area contributed by atoms with E-state index in [9.17, 15) is 14.4 Å². The Bertz CT molecular complexity index is 1150. The van der Waals surface area contributed by atoms with Crippen molar-refractivity contribution in [3.8, 4) is 11.5 Å². The number of hydrogen-bond donors (Lipinski definition) is 2. The van der Waals surface area contributed by atoms with E-state index in [1.165, 1.54) is 0 Å². The topological polar surface area (TPSA) is 102 Å². The van der Waals surface area contributed by atoms with Crippen LogP contribution in [0.4, 0.5) is 5.69 Å². The van der Waals surface area contributed by atoms with Crippen LogP contribution in [0.25, 0.3) is 10.8 Å². The van der Waals surface area contributed by atoms with Crippen LogP contribution in [0.3, 0.4) is 0 Å². The van der Waals surface area contributed by atoms with Crippen LogP contribution >= 0.6 is 0 Å². The van der Waals surface area contributed by atoms with E-state index in [1.807, 2.05) is 0 Å². The lowest BCUT2D eigenvalue weighted by Crippen LogP contribution is -2.31. The number of aryl methyl sites for hydroxylation is 1. The largest absolute Gasteiger partial charge is 0.490 e. The minimum absolute atomic E-state index is 0.0304. The molecule has 2 heterocycles. The Morgan fingerprint density at radius 3 is 2.61 bits per heavy atom. The second kappa shape index (κ2) is 7.59. The van der Waals surface area contributed by atoms with Gasteiger partial charge in [-0.05, 0) is 24.3 Å². The van der Waals surface area contributed by atoms with Crippen LogP contribution < -0.4 is 25.9 Å². The van der Waals surface area contributed by atoms with Gasteiger partial charge in [0.2, 0.25) is 5.91 Å². The number of aromatic nitrogens is 2. The quantitative estimate of drug-likeness (QED) is 0.718. The fourth-order valence-electron chi connectivity index (χ4n) is 3.08. The molecular formula is C20H19N3O5. The van der Waals surface area contributed by atoms with Crippen molar-refractivity contribution in [3.63, 3.8) is 0 Å². The third-order valence-corrected chi connectivity index (χ3v) is 4.48. The van der Waals surface area contributed by atoms with Gasteiger partial charge in [0.1, 0.15) is 0 Å². The van der Waals surface area contributed by atoms with Gasteiger partial charge in [0.05, 0.1) is 30.5 Å². The SMILES string of the molecule is O=C(CCn1[nH]c(=O)c2ccccc2c1=O)Nc1ccc2c(c1)OCCCO2. The maximum Gasteiger partial charge on any atom is 0.273 e. The maximum atomic E-state index is 12.5. The molecule has 0 fully saturated rings. The molecule has 2 aromatic carbocycles. The second-order valence-corrected chi connectivity index (χ2v) is 6.45. The van der Waals surface area contributed by atoms with E-state index in [-0.39, 0.29) is 30.0 Å². The van der Waals surface area contributed by atoms with E-state index in [0.29, 0.717) is 41.2 Å². The van der Waals surface area contributed by atoms with Gasteiger partial charge in [-0.1, -0.05) is 12.1 Å². The highest BCUT2D eigenvalue weighted by molar-refractivity contribution is 5.91. The number of nitrogens with zero attached hydrogens (tertiary/aromatic N) is 1. The predicted octanol–water partition coefficient (Wildman–Crippen LogP) is 1.88. The summed E-state index contributed by atoms with van der Waals surface area (Å²) >= 11 is 0. The number of carbonyl (C=O) groups excluding carboxylic acids is 1. The molecule has 1 aliphatic rings. The van der Waals surface area contributed by atoms with Gasteiger partial charge in [0.25, 0.3) is 11.1 Å². The van der Waals surface area contributed by atoms with Crippen LogP contribution in [-0.2, 0) is 11.3 Å². The molecule has 2 N–H and O–H groups in total. The summed E-state index contributed by atoms with van der Waals surface area (Å²) in [4.78, 5) is 36.9. The summed E-state index contributed by atoms with van der Waals surface area (Å²) in [5.74, 6) is 0.955. The molecule has 0 atom stereocenters. The zero-order chi connectivity index (χ0) is 19.5. The van der Waals surface area contributed by atoms with Gasteiger partial charge in [0.15, 0.2) is 11.5 Å². The van der Waals surface area contributed by atoms with Crippen molar-refractivity contribution in [2.75, 3.05) is 18.5 Å². The van der Waals surface area contributed by atoms with Gasteiger partial charge in [0, 0.05) is 24.6 Å². The van der Waals surface area contributed by atoms with Gasteiger partial charge in [-0.3, -0.25) is 19.5 Å². The number of nitrogens with one attached hydrogen (secondary N) is 2. The molecule has 0 radical (unpaired) electrons. The standard InChI is InChI=1S/C20H19N3O5/c24-18(21-13-6-7-16-17(12-13)28-11-3-10-27-16)8-9-23-20(26)15-5-2-1-4-14(15)19(25)22-23/h1-2,4-7,12H,3,8-11H2,(H,21,24)(H,22,25). The minimum Gasteiger partial charge on any atom is -0.490 e. The zero-order valence-corrected chi connectivity index (χ0v) is 15.1. The van der Waals surface area contributed by atoms with Crippen LogP contribution in [0, 0.1) is 0 Å². The Hall–Kier alpha value is -3.55. The van der Waals surface area contributed by atoms with E-state index in [0.717, 1.165) is 11.1 Å². The fraction of sp³-hybridized carbons (Fsp3) is 0.250. The third-order valence-electron chi connectivity index (χ3n) is 4.48. The molecule has 0 aliphatic carbocycles. The van der Waals surface area contributed by atoms with Crippen molar-refractivity contribution in [3.05, 3.63) is 63.2 Å². The first-order chi connectivity index (χ1) is 13.6. The Morgan fingerprint density at radius 2 is 1.79 bits per heavy atom. The van der Waals surface area contributed by atoms with Crippen molar-refractivity contribution in [1.29, 1.82) is 0 Å². The van der Waals surface area contributed by atoms with Gasteiger partial charge >= 0.3 is 0 Å². The molecule has 4 rings (SSSR count). The number of H-pyrrole nitrogens is 1. The number of hydrogen-bond acceptors (Lipinski definition) is 5. The van der Waals surface area contributed by atoms with Crippen molar-refractivity contribution in [2.45, 2.75) is 19.4 Å². The van der Waals surface area contributed by atoms with E-state index in [1.54, 1.807) is 42.5 Å². The van der Waals surface area contributed by atoms with E-state index in [2.05, 4.69) is 10.4 Å². The predicted molar refractivity (Wildman–Crippen MR) is 104 cm³/mol. The molecule has 28 heavy (non-hydrogen) atoms. The van der Waals surface area contributed by atoms with Crippen LogP contribution in [0.15, 0.2) is 52.1 Å². The number of carbonyl (C=O) groups is 1. The van der Waals surface area contributed by atoms with E-state index in [4.69, 9.17) is 9.47 Å². The molecule has 1 aliphatic heterocycles. The first-order valence-corrected chi connectivity index (χ1v) is 9.03. The lowest BCUT2D eigenvalue weighted by atomic mass is 10.2. The molecule has 0 unspecified atom stereocenters. The van der Waals surface area contributed by atoms with Crippen LogP contribution in [0.1, 0.15) is 12.8 Å². The van der Waals surface area contributed by atoms with Crippen LogP contribution in [0.2, 0.25) is 0 Å². The lowest BCUT2D eigenvalue weighted by molar-refractivity contribution is -0.116. The highest BCUT2D eigenvalue weighted by Gasteiger charge is 2.13. The summed E-state index contributed by atoms with van der Waals surface area (Å²) in [6.45, 7) is 1.22. The Labute approximate surface area is 159 Å². The highest BCUT2D eigenvalue weighted by Crippen LogP contribution is 2.32.